The number of aryl methyl sites for hydroxylation is 4. The lowest BCUT2D eigenvalue weighted by Crippen LogP contribution is -2.16. The van der Waals surface area contributed by atoms with Crippen LogP contribution in [0.25, 0.3) is 22.5 Å². The number of aromatic nitrogens is 4. The smallest absolute Gasteiger partial charge is 0.127 e. The number of hydrogen-bond acceptors (Lipinski definition) is 5. The van der Waals surface area contributed by atoms with Crippen LogP contribution in [0.5, 0.6) is 0 Å². The molecule has 0 amide bonds. The molecule has 2 atom stereocenters. The lowest BCUT2D eigenvalue weighted by Gasteiger charge is -2.25. The average Bonchev–Trinajstić information content (AvgIpc) is 3.31. The molecule has 5 heteroatoms. The average molecular weight is 815 g/mol. The molecule has 0 spiro atoms. The van der Waals surface area contributed by atoms with E-state index >= 15 is 0 Å². The predicted molar refractivity (Wildman–Crippen MR) is 255 cm³/mol. The first-order valence-electron chi connectivity index (χ1n) is 23.7. The summed E-state index contributed by atoms with van der Waals surface area (Å²) < 4.78 is 7.31. The zero-order valence-electron chi connectivity index (χ0n) is 37.6. The van der Waals surface area contributed by atoms with Gasteiger partial charge in [0, 0.05) is 11.1 Å². The summed E-state index contributed by atoms with van der Waals surface area (Å²) in [6.45, 7) is 9.03. The van der Waals surface area contributed by atoms with Gasteiger partial charge in [-0.15, -0.1) is 0 Å². The fourth-order valence-corrected chi connectivity index (χ4v) is 8.09. The first-order valence-corrected chi connectivity index (χ1v) is 23.7. The van der Waals surface area contributed by atoms with Crippen molar-refractivity contribution in [2.75, 3.05) is 0 Å². The molecule has 320 valence electrons. The van der Waals surface area contributed by atoms with E-state index in [9.17, 15) is 0 Å². The third-order valence-electron chi connectivity index (χ3n) is 12.0. The van der Waals surface area contributed by atoms with Crippen LogP contribution in [0.15, 0.2) is 122 Å². The van der Waals surface area contributed by atoms with Crippen LogP contribution in [0.1, 0.15) is 175 Å². The Hall–Kier alpha value is -5.00. The van der Waals surface area contributed by atoms with E-state index < -0.39 is 12.2 Å². The first-order chi connectivity index (χ1) is 30.1. The van der Waals surface area contributed by atoms with Crippen molar-refractivity contribution in [3.63, 3.8) is 0 Å². The lowest BCUT2D eigenvalue weighted by atomic mass is 9.99. The maximum absolute atomic E-state index is 7.31. The highest BCUT2D eigenvalue weighted by atomic mass is 16.5. The second-order valence-corrected chi connectivity index (χ2v) is 17.0. The molecule has 61 heavy (non-hydrogen) atoms. The quantitative estimate of drug-likeness (QED) is 0.0511. The van der Waals surface area contributed by atoms with E-state index in [2.05, 4.69) is 125 Å². The number of ether oxygens (including phenoxy) is 1. The molecule has 6 rings (SSSR count). The van der Waals surface area contributed by atoms with Crippen molar-refractivity contribution < 1.29 is 4.74 Å². The minimum absolute atomic E-state index is 0.489. The van der Waals surface area contributed by atoms with Crippen LogP contribution in [-0.2, 0) is 30.4 Å². The van der Waals surface area contributed by atoms with E-state index in [4.69, 9.17) is 24.7 Å². The second-order valence-electron chi connectivity index (χ2n) is 17.0. The number of nitrogens with zero attached hydrogens (tertiary/aromatic N) is 4. The van der Waals surface area contributed by atoms with Gasteiger partial charge >= 0.3 is 0 Å². The van der Waals surface area contributed by atoms with Crippen molar-refractivity contribution in [1.29, 1.82) is 0 Å². The molecule has 0 aliphatic rings. The molecular weight excluding hydrogens is 745 g/mol. The van der Waals surface area contributed by atoms with Gasteiger partial charge in [-0.1, -0.05) is 189 Å². The van der Waals surface area contributed by atoms with E-state index in [1.54, 1.807) is 0 Å². The molecule has 0 saturated carbocycles. The van der Waals surface area contributed by atoms with Gasteiger partial charge in [-0.25, -0.2) is 0 Å². The van der Waals surface area contributed by atoms with Crippen molar-refractivity contribution in [2.24, 2.45) is 0 Å². The van der Waals surface area contributed by atoms with E-state index in [1.165, 1.54) is 112 Å². The van der Waals surface area contributed by atoms with Gasteiger partial charge in [0.05, 0.1) is 47.6 Å². The summed E-state index contributed by atoms with van der Waals surface area (Å²) >= 11 is 0. The fraction of sp³-hybridized carbons (Fsp3) is 0.429. The van der Waals surface area contributed by atoms with Crippen molar-refractivity contribution in [3.8, 4) is 22.5 Å². The van der Waals surface area contributed by atoms with Gasteiger partial charge in [-0.05, 0) is 84.7 Å². The Bertz CT molecular complexity index is 1940. The van der Waals surface area contributed by atoms with Gasteiger partial charge in [0.2, 0.25) is 0 Å². The molecule has 2 unspecified atom stereocenters. The highest BCUT2D eigenvalue weighted by Gasteiger charge is 2.26. The van der Waals surface area contributed by atoms with Crippen LogP contribution < -0.4 is 0 Å². The maximum atomic E-state index is 7.31. The number of hydrogen-bond donors (Lipinski definition) is 0. The Balaban J connectivity index is 1.31. The topological polar surface area (TPSA) is 60.8 Å². The minimum Gasteiger partial charge on any atom is -0.353 e. The largest absolute Gasteiger partial charge is 0.353 e. The second kappa shape index (κ2) is 25.1. The Morgan fingerprint density at radius 2 is 0.656 bits per heavy atom. The predicted octanol–water partition coefficient (Wildman–Crippen LogP) is 15.2. The van der Waals surface area contributed by atoms with Crippen LogP contribution >= 0.6 is 0 Å². The van der Waals surface area contributed by atoms with E-state index in [-0.39, 0.29) is 0 Å². The third kappa shape index (κ3) is 14.0. The summed E-state index contributed by atoms with van der Waals surface area (Å²) in [4.78, 5) is 20.1. The minimum atomic E-state index is -0.489. The number of unbranched alkanes of at least 4 members (excludes halogenated alkanes) is 10. The summed E-state index contributed by atoms with van der Waals surface area (Å²) in [6, 6.07) is 35.5. The molecule has 0 bridgehead atoms. The zero-order chi connectivity index (χ0) is 42.5. The molecule has 0 radical (unpaired) electrons. The van der Waals surface area contributed by atoms with Crippen LogP contribution in [-0.4, -0.2) is 19.9 Å². The van der Waals surface area contributed by atoms with Crippen LogP contribution in [0.3, 0.4) is 0 Å². The highest BCUT2D eigenvalue weighted by molar-refractivity contribution is 5.59. The summed E-state index contributed by atoms with van der Waals surface area (Å²) in [5, 5.41) is 0. The third-order valence-corrected chi connectivity index (χ3v) is 12.0. The van der Waals surface area contributed by atoms with Gasteiger partial charge in [-0.3, -0.25) is 19.9 Å². The Kier molecular flexibility index (Phi) is 18.7. The molecule has 0 aliphatic carbocycles. The fourth-order valence-electron chi connectivity index (χ4n) is 8.09. The molecule has 6 aromatic rings. The summed E-state index contributed by atoms with van der Waals surface area (Å²) in [7, 11) is 0. The zero-order valence-corrected chi connectivity index (χ0v) is 37.6. The summed E-state index contributed by atoms with van der Waals surface area (Å²) in [5.41, 5.74) is 12.9. The molecule has 0 aliphatic heterocycles. The Morgan fingerprint density at radius 3 is 0.967 bits per heavy atom. The molecular formula is C56H70N4O. The van der Waals surface area contributed by atoms with Crippen LogP contribution in [0.4, 0.5) is 0 Å². The van der Waals surface area contributed by atoms with Gasteiger partial charge in [0.15, 0.2) is 0 Å². The Labute approximate surface area is 367 Å². The Morgan fingerprint density at radius 1 is 0.344 bits per heavy atom. The standard InChI is InChI=1S/C56H70N4O/c1-5-9-13-17-21-45-27-35-49(36-28-45)55(53-41-57-51(39-59-53)47-31-23-43(24-32-47)19-15-11-7-3)61-56(50-37-29-46(30-38-50)22-18-14-10-6-2)54-42-58-52(40-60-54)48-33-25-44(26-34-48)20-16-12-8-4/h23-42,55-56H,5-22H2,1-4H3. The van der Waals surface area contributed by atoms with Gasteiger partial charge in [-0.2, -0.15) is 0 Å². The number of benzene rings is 4. The first kappa shape index (κ1) is 45.5. The van der Waals surface area contributed by atoms with Crippen molar-refractivity contribution in [3.05, 3.63) is 167 Å². The summed E-state index contributed by atoms with van der Waals surface area (Å²) in [5.74, 6) is 0. The molecule has 4 aromatic carbocycles. The van der Waals surface area contributed by atoms with Gasteiger partial charge in [0.1, 0.15) is 12.2 Å². The molecule has 0 saturated heterocycles. The normalized spacial score (nSPS) is 12.4. The van der Waals surface area contributed by atoms with E-state index in [1.807, 2.05) is 24.8 Å². The highest BCUT2D eigenvalue weighted by Crippen LogP contribution is 2.36. The van der Waals surface area contributed by atoms with Gasteiger partial charge < -0.3 is 4.74 Å². The summed E-state index contributed by atoms with van der Waals surface area (Å²) in [6.07, 6.45) is 28.4. The van der Waals surface area contributed by atoms with Crippen LogP contribution in [0.2, 0.25) is 0 Å². The van der Waals surface area contributed by atoms with Gasteiger partial charge in [0.25, 0.3) is 0 Å². The lowest BCUT2D eigenvalue weighted by molar-refractivity contribution is 0.0258. The molecule has 0 N–H and O–H groups in total. The van der Waals surface area contributed by atoms with Crippen molar-refractivity contribution >= 4 is 0 Å². The van der Waals surface area contributed by atoms with Crippen LogP contribution in [0, 0.1) is 0 Å². The monoisotopic (exact) mass is 815 g/mol. The molecule has 5 nitrogen and oxygen atoms in total. The van der Waals surface area contributed by atoms with E-state index in [0.29, 0.717) is 0 Å². The number of rotatable bonds is 26. The van der Waals surface area contributed by atoms with Crippen molar-refractivity contribution in [2.45, 2.75) is 155 Å². The molecule has 0 fully saturated rings. The molecule has 2 heterocycles. The maximum Gasteiger partial charge on any atom is 0.127 e. The van der Waals surface area contributed by atoms with Crippen molar-refractivity contribution in [1.82, 2.24) is 19.9 Å². The SMILES string of the molecule is CCCCCCc1ccc(C(OC(c2ccc(CCCCCC)cc2)c2cnc(-c3ccc(CCCCC)cc3)cn2)c2cnc(-c3ccc(CCCCC)cc3)cn2)cc1. The molecule has 2 aromatic heterocycles. The van der Waals surface area contributed by atoms with E-state index in [0.717, 1.165) is 70.7 Å².